The zero-order chi connectivity index (χ0) is 14.8. The fraction of sp³-hybridized carbons (Fsp3) is 0.294. The average molecular weight is 280 g/mol. The summed E-state index contributed by atoms with van der Waals surface area (Å²) in [5.74, 6) is 0.886. The second-order valence-electron chi connectivity index (χ2n) is 5.27. The van der Waals surface area contributed by atoms with E-state index in [1.807, 2.05) is 18.2 Å². The summed E-state index contributed by atoms with van der Waals surface area (Å²) in [6.45, 7) is 0. The van der Waals surface area contributed by atoms with Gasteiger partial charge in [0.25, 0.3) is 0 Å². The molecule has 0 radical (unpaired) electrons. The van der Waals surface area contributed by atoms with E-state index in [4.69, 9.17) is 10.00 Å². The zero-order valence-electron chi connectivity index (χ0n) is 11.8. The van der Waals surface area contributed by atoms with Gasteiger partial charge in [0.2, 0.25) is 0 Å². The van der Waals surface area contributed by atoms with Gasteiger partial charge in [-0.15, -0.1) is 0 Å². The van der Waals surface area contributed by atoms with Crippen LogP contribution in [0.25, 0.3) is 11.1 Å². The van der Waals surface area contributed by atoms with Crippen molar-refractivity contribution < 1.29 is 9.84 Å². The molecule has 1 atom stereocenters. The van der Waals surface area contributed by atoms with Crippen LogP contribution in [0.3, 0.4) is 0 Å². The van der Waals surface area contributed by atoms with Crippen LogP contribution in [-0.4, -0.2) is 17.2 Å². The van der Waals surface area contributed by atoms with Gasteiger partial charge in [-0.1, -0.05) is 6.07 Å². The number of hydrogen-bond donors (Lipinski definition) is 1. The Kier molecular flexibility index (Phi) is 3.59. The molecule has 1 N–H and O–H groups in total. The van der Waals surface area contributed by atoms with E-state index in [1.54, 1.807) is 25.6 Å². The average Bonchev–Trinajstić information content (AvgIpc) is 3.38. The first-order valence-corrected chi connectivity index (χ1v) is 6.95. The van der Waals surface area contributed by atoms with Crippen LogP contribution >= 0.6 is 0 Å². The van der Waals surface area contributed by atoms with Crippen LogP contribution in [-0.2, 0) is 0 Å². The van der Waals surface area contributed by atoms with Crippen LogP contribution in [0.15, 0.2) is 36.7 Å². The normalized spacial score (nSPS) is 15.3. The predicted molar refractivity (Wildman–Crippen MR) is 78.6 cm³/mol. The molecule has 1 aliphatic rings. The number of pyridine rings is 1. The number of nitrogens with zero attached hydrogens (tertiary/aromatic N) is 2. The van der Waals surface area contributed by atoms with Crippen LogP contribution in [0.4, 0.5) is 0 Å². The third kappa shape index (κ3) is 2.61. The van der Waals surface area contributed by atoms with Gasteiger partial charge in [0.1, 0.15) is 11.8 Å². The Labute approximate surface area is 123 Å². The van der Waals surface area contributed by atoms with Crippen LogP contribution < -0.4 is 4.74 Å². The smallest absolute Gasteiger partial charge is 0.137 e. The highest BCUT2D eigenvalue weighted by Crippen LogP contribution is 2.43. The van der Waals surface area contributed by atoms with Crippen molar-refractivity contribution in [1.82, 2.24) is 4.98 Å². The van der Waals surface area contributed by atoms with Crippen molar-refractivity contribution in [3.05, 3.63) is 47.8 Å². The number of ether oxygens (including phenoxy) is 1. The van der Waals surface area contributed by atoms with E-state index in [1.165, 1.54) is 0 Å². The minimum absolute atomic E-state index is 0.353. The zero-order valence-corrected chi connectivity index (χ0v) is 11.8. The molecular weight excluding hydrogens is 264 g/mol. The summed E-state index contributed by atoms with van der Waals surface area (Å²) in [6.07, 6.45) is 5.14. The Morgan fingerprint density at radius 2 is 2.19 bits per heavy atom. The molecular formula is C17H16N2O2. The van der Waals surface area contributed by atoms with Gasteiger partial charge < -0.3 is 9.84 Å². The third-order valence-electron chi connectivity index (χ3n) is 3.87. The maximum absolute atomic E-state index is 10.4. The van der Waals surface area contributed by atoms with Gasteiger partial charge in [0.15, 0.2) is 0 Å². The quantitative estimate of drug-likeness (QED) is 0.934. The molecule has 1 fully saturated rings. The summed E-state index contributed by atoms with van der Waals surface area (Å²) in [7, 11) is 1.54. The topological polar surface area (TPSA) is 66.1 Å². The monoisotopic (exact) mass is 280 g/mol. The highest BCUT2D eigenvalue weighted by atomic mass is 16.5. The Morgan fingerprint density at radius 3 is 2.86 bits per heavy atom. The minimum Gasteiger partial charge on any atom is -0.495 e. The summed E-state index contributed by atoms with van der Waals surface area (Å²) >= 11 is 0. The molecule has 0 spiro atoms. The van der Waals surface area contributed by atoms with Gasteiger partial charge >= 0.3 is 0 Å². The number of aliphatic hydroxyl groups is 1. The molecule has 1 aromatic carbocycles. The van der Waals surface area contributed by atoms with Crippen LogP contribution in [0.2, 0.25) is 0 Å². The van der Waals surface area contributed by atoms with Gasteiger partial charge in [-0.05, 0) is 48.1 Å². The molecule has 0 bridgehead atoms. The number of methoxy groups -OCH3 is 1. The lowest BCUT2D eigenvalue weighted by Crippen LogP contribution is -2.02. The lowest BCUT2D eigenvalue weighted by Gasteiger charge is -2.15. The molecule has 1 saturated carbocycles. The third-order valence-corrected chi connectivity index (χ3v) is 3.87. The molecule has 1 aliphatic carbocycles. The minimum atomic E-state index is -0.454. The molecule has 4 nitrogen and oxygen atoms in total. The summed E-state index contributed by atoms with van der Waals surface area (Å²) < 4.78 is 5.25. The first kappa shape index (κ1) is 13.6. The number of hydrogen-bond acceptors (Lipinski definition) is 4. The van der Waals surface area contributed by atoms with Gasteiger partial charge in [-0.25, -0.2) is 0 Å². The standard InChI is InChI=1S/C17H16N2O2/c1-21-16-8-12(4-5-13(16)9-18)15-10-19-7-6-14(15)17(20)11-2-3-11/h4-8,10-11,17,20H,2-3H2,1H3/t17-/m0/s1. The largest absolute Gasteiger partial charge is 0.495 e. The van der Waals surface area contributed by atoms with Crippen molar-refractivity contribution in [3.63, 3.8) is 0 Å². The fourth-order valence-corrected chi connectivity index (χ4v) is 2.52. The van der Waals surface area contributed by atoms with E-state index in [-0.39, 0.29) is 0 Å². The van der Waals surface area contributed by atoms with Crippen LogP contribution in [0, 0.1) is 17.2 Å². The highest BCUT2D eigenvalue weighted by Gasteiger charge is 2.32. The van der Waals surface area contributed by atoms with Crippen molar-refractivity contribution in [2.75, 3.05) is 7.11 Å². The molecule has 0 amide bonds. The molecule has 1 aromatic heterocycles. The number of aliphatic hydroxyl groups excluding tert-OH is 1. The molecule has 2 aromatic rings. The molecule has 0 unspecified atom stereocenters. The Hall–Kier alpha value is -2.38. The van der Waals surface area contributed by atoms with Crippen molar-refractivity contribution in [1.29, 1.82) is 5.26 Å². The van der Waals surface area contributed by atoms with E-state index < -0.39 is 6.10 Å². The lowest BCUT2D eigenvalue weighted by molar-refractivity contribution is 0.154. The number of benzene rings is 1. The molecule has 3 rings (SSSR count). The molecule has 1 heterocycles. The first-order chi connectivity index (χ1) is 10.2. The Morgan fingerprint density at radius 1 is 1.38 bits per heavy atom. The molecule has 21 heavy (non-hydrogen) atoms. The van der Waals surface area contributed by atoms with E-state index in [0.717, 1.165) is 29.5 Å². The first-order valence-electron chi connectivity index (χ1n) is 6.95. The molecule has 0 saturated heterocycles. The SMILES string of the molecule is COc1cc(-c2cnccc2[C@@H](O)C2CC2)ccc1C#N. The van der Waals surface area contributed by atoms with Crippen molar-refractivity contribution >= 4 is 0 Å². The number of nitriles is 1. The van der Waals surface area contributed by atoms with E-state index in [9.17, 15) is 5.11 Å². The summed E-state index contributed by atoms with van der Waals surface area (Å²) in [5.41, 5.74) is 3.17. The van der Waals surface area contributed by atoms with Crippen molar-refractivity contribution in [2.45, 2.75) is 18.9 Å². The van der Waals surface area contributed by atoms with Gasteiger partial charge in [-0.3, -0.25) is 4.98 Å². The van der Waals surface area contributed by atoms with E-state index in [2.05, 4.69) is 11.1 Å². The predicted octanol–water partition coefficient (Wildman–Crippen LogP) is 3.07. The Balaban J connectivity index is 2.06. The van der Waals surface area contributed by atoms with Crippen molar-refractivity contribution in [3.8, 4) is 22.9 Å². The van der Waals surface area contributed by atoms with Gasteiger partial charge in [0.05, 0.1) is 18.8 Å². The second kappa shape index (κ2) is 5.55. The summed E-state index contributed by atoms with van der Waals surface area (Å²) in [6, 6.07) is 9.38. The maximum atomic E-state index is 10.4. The van der Waals surface area contributed by atoms with E-state index in [0.29, 0.717) is 17.2 Å². The number of aromatic nitrogens is 1. The maximum Gasteiger partial charge on any atom is 0.137 e. The summed E-state index contributed by atoms with van der Waals surface area (Å²) in [5, 5.41) is 19.5. The summed E-state index contributed by atoms with van der Waals surface area (Å²) in [4.78, 5) is 4.17. The molecule has 4 heteroatoms. The van der Waals surface area contributed by atoms with Crippen LogP contribution in [0.5, 0.6) is 5.75 Å². The highest BCUT2D eigenvalue weighted by molar-refractivity contribution is 5.70. The van der Waals surface area contributed by atoms with Crippen molar-refractivity contribution in [2.24, 2.45) is 5.92 Å². The lowest BCUT2D eigenvalue weighted by atomic mass is 9.95. The molecule has 106 valence electrons. The molecule has 0 aliphatic heterocycles. The van der Waals surface area contributed by atoms with Gasteiger partial charge in [-0.2, -0.15) is 5.26 Å². The second-order valence-corrected chi connectivity index (χ2v) is 5.27. The van der Waals surface area contributed by atoms with Crippen LogP contribution in [0.1, 0.15) is 30.1 Å². The van der Waals surface area contributed by atoms with Gasteiger partial charge in [0, 0.05) is 18.0 Å². The number of rotatable bonds is 4. The fourth-order valence-electron chi connectivity index (χ4n) is 2.52. The van der Waals surface area contributed by atoms with E-state index >= 15 is 0 Å². The Bertz CT molecular complexity index is 702.